The number of hydrogen-bond acceptors (Lipinski definition) is 3. The van der Waals surface area contributed by atoms with Crippen molar-refractivity contribution in [2.24, 2.45) is 0 Å². The van der Waals surface area contributed by atoms with Crippen LogP contribution in [0.2, 0.25) is 5.02 Å². The van der Waals surface area contributed by atoms with Crippen molar-refractivity contribution in [1.29, 1.82) is 0 Å². The second-order valence-electron chi connectivity index (χ2n) is 5.37. The fraction of sp³-hybridized carbons (Fsp3) is 0.286. The lowest BCUT2D eigenvalue weighted by molar-refractivity contribution is 0.544. The minimum atomic E-state index is -0.426. The maximum absolute atomic E-state index is 13.8. The van der Waals surface area contributed by atoms with Gasteiger partial charge >= 0.3 is 0 Å². The molecule has 0 aliphatic heterocycles. The van der Waals surface area contributed by atoms with Gasteiger partial charge in [0.1, 0.15) is 22.1 Å². The largest absolute Gasteiger partial charge is 0.336 e. The normalized spacial score (nSPS) is 11.5. The van der Waals surface area contributed by atoms with Gasteiger partial charge in [-0.25, -0.2) is 14.4 Å². The van der Waals surface area contributed by atoms with Gasteiger partial charge in [-0.3, -0.25) is 0 Å². The molecule has 0 saturated heterocycles. The Kier molecular flexibility index (Phi) is 4.30. The summed E-state index contributed by atoms with van der Waals surface area (Å²) in [6.07, 6.45) is 0. The highest BCUT2D eigenvalue weighted by Gasteiger charge is 2.19. The van der Waals surface area contributed by atoms with E-state index in [0.29, 0.717) is 21.3 Å². The van der Waals surface area contributed by atoms with Crippen LogP contribution in [0, 0.1) is 5.82 Å². The third-order valence-electron chi connectivity index (χ3n) is 2.58. The van der Waals surface area contributed by atoms with Crippen molar-refractivity contribution < 1.29 is 4.39 Å². The molecule has 2 rings (SSSR count). The van der Waals surface area contributed by atoms with E-state index in [4.69, 9.17) is 11.6 Å². The molecule has 0 amide bonds. The third kappa shape index (κ3) is 3.46. The molecular formula is C14H14BrClFN3. The zero-order valence-electron chi connectivity index (χ0n) is 11.3. The molecule has 0 radical (unpaired) electrons. The molecule has 2 aromatic rings. The smallest absolute Gasteiger partial charge is 0.148 e. The van der Waals surface area contributed by atoms with Crippen LogP contribution in [0.1, 0.15) is 26.6 Å². The molecule has 6 heteroatoms. The van der Waals surface area contributed by atoms with Crippen molar-refractivity contribution >= 4 is 39.0 Å². The highest BCUT2D eigenvalue weighted by Crippen LogP contribution is 2.29. The molecule has 0 atom stereocenters. The van der Waals surface area contributed by atoms with Gasteiger partial charge in [0.05, 0.1) is 10.7 Å². The van der Waals surface area contributed by atoms with Crippen LogP contribution in [0.25, 0.3) is 0 Å². The van der Waals surface area contributed by atoms with E-state index in [9.17, 15) is 4.39 Å². The number of nitrogens with zero attached hydrogens (tertiary/aromatic N) is 2. The summed E-state index contributed by atoms with van der Waals surface area (Å²) in [6.45, 7) is 6.03. The lowest BCUT2D eigenvalue weighted by Gasteiger charge is -2.18. The molecule has 20 heavy (non-hydrogen) atoms. The van der Waals surface area contributed by atoms with E-state index in [0.717, 1.165) is 0 Å². The van der Waals surface area contributed by atoms with Crippen LogP contribution < -0.4 is 5.32 Å². The summed E-state index contributed by atoms with van der Waals surface area (Å²) in [4.78, 5) is 8.74. The number of aromatic nitrogens is 2. The standard InChI is InChI=1S/C14H14BrClFN3/c1-14(2,3)13-18-10(15)7-11(20-13)19-12-8(16)5-4-6-9(12)17/h4-7H,1-3H3,(H,18,19,20). The topological polar surface area (TPSA) is 37.8 Å². The summed E-state index contributed by atoms with van der Waals surface area (Å²) in [5, 5.41) is 3.21. The molecule has 0 unspecified atom stereocenters. The number of hydrogen-bond donors (Lipinski definition) is 1. The van der Waals surface area contributed by atoms with Crippen LogP contribution in [0.5, 0.6) is 0 Å². The zero-order chi connectivity index (χ0) is 14.9. The molecule has 0 bridgehead atoms. The number of anilines is 2. The second-order valence-corrected chi connectivity index (χ2v) is 6.59. The fourth-order valence-corrected chi connectivity index (χ4v) is 2.16. The molecule has 0 aliphatic carbocycles. The number of para-hydroxylation sites is 1. The second kappa shape index (κ2) is 5.66. The number of halogens is 3. The SMILES string of the molecule is CC(C)(C)c1nc(Br)cc(Nc2c(F)cccc2Cl)n1. The first-order valence-corrected chi connectivity index (χ1v) is 7.20. The average molecular weight is 359 g/mol. The number of benzene rings is 1. The Bertz CT molecular complexity index is 621. The van der Waals surface area contributed by atoms with Crippen LogP contribution in [0.15, 0.2) is 28.9 Å². The van der Waals surface area contributed by atoms with Gasteiger partial charge in [-0.15, -0.1) is 0 Å². The van der Waals surface area contributed by atoms with Gasteiger partial charge in [0.25, 0.3) is 0 Å². The van der Waals surface area contributed by atoms with Gasteiger partial charge in [-0.05, 0) is 28.1 Å². The first-order chi connectivity index (χ1) is 9.27. The summed E-state index contributed by atoms with van der Waals surface area (Å²) in [6, 6.07) is 6.19. The van der Waals surface area contributed by atoms with E-state index >= 15 is 0 Å². The minimum Gasteiger partial charge on any atom is -0.336 e. The van der Waals surface area contributed by atoms with Gasteiger partial charge < -0.3 is 5.32 Å². The molecule has 0 fully saturated rings. The lowest BCUT2D eigenvalue weighted by atomic mass is 9.96. The first kappa shape index (κ1) is 15.2. The quantitative estimate of drug-likeness (QED) is 0.761. The van der Waals surface area contributed by atoms with Crippen molar-refractivity contribution in [3.8, 4) is 0 Å². The monoisotopic (exact) mass is 357 g/mol. The molecule has 0 saturated carbocycles. The van der Waals surface area contributed by atoms with E-state index in [1.54, 1.807) is 18.2 Å². The van der Waals surface area contributed by atoms with Crippen LogP contribution in [0.4, 0.5) is 15.9 Å². The van der Waals surface area contributed by atoms with Gasteiger partial charge in [-0.1, -0.05) is 38.4 Å². The maximum Gasteiger partial charge on any atom is 0.148 e. The predicted molar refractivity (Wildman–Crippen MR) is 83.1 cm³/mol. The Hall–Kier alpha value is -1.20. The maximum atomic E-state index is 13.8. The summed E-state index contributed by atoms with van der Waals surface area (Å²) in [7, 11) is 0. The van der Waals surface area contributed by atoms with Crippen molar-refractivity contribution in [2.75, 3.05) is 5.32 Å². The Morgan fingerprint density at radius 2 is 1.95 bits per heavy atom. The molecular weight excluding hydrogens is 345 g/mol. The summed E-state index contributed by atoms with van der Waals surface area (Å²) < 4.78 is 14.4. The van der Waals surface area contributed by atoms with Crippen LogP contribution in [-0.2, 0) is 5.41 Å². The first-order valence-electron chi connectivity index (χ1n) is 6.03. The van der Waals surface area contributed by atoms with Crippen molar-refractivity contribution in [1.82, 2.24) is 9.97 Å². The third-order valence-corrected chi connectivity index (χ3v) is 3.30. The molecule has 1 aromatic heterocycles. The summed E-state index contributed by atoms with van der Waals surface area (Å²) >= 11 is 9.33. The van der Waals surface area contributed by atoms with E-state index in [1.165, 1.54) is 6.07 Å². The van der Waals surface area contributed by atoms with Gasteiger partial charge in [0, 0.05) is 11.5 Å². The molecule has 3 nitrogen and oxygen atoms in total. The molecule has 1 heterocycles. The average Bonchev–Trinajstić information content (AvgIpc) is 2.32. The molecule has 106 valence electrons. The van der Waals surface area contributed by atoms with Crippen molar-refractivity contribution in [3.05, 3.63) is 45.5 Å². The summed E-state index contributed by atoms with van der Waals surface area (Å²) in [5.74, 6) is 0.718. The van der Waals surface area contributed by atoms with Gasteiger partial charge in [-0.2, -0.15) is 0 Å². The minimum absolute atomic E-state index is 0.208. The highest BCUT2D eigenvalue weighted by molar-refractivity contribution is 9.10. The number of rotatable bonds is 2. The van der Waals surface area contributed by atoms with E-state index < -0.39 is 5.82 Å². The van der Waals surface area contributed by atoms with Gasteiger partial charge in [0.2, 0.25) is 0 Å². The molecule has 0 spiro atoms. The highest BCUT2D eigenvalue weighted by atomic mass is 79.9. The molecule has 1 aromatic carbocycles. The van der Waals surface area contributed by atoms with Crippen LogP contribution >= 0.6 is 27.5 Å². The van der Waals surface area contributed by atoms with E-state index in [-0.39, 0.29) is 11.1 Å². The Morgan fingerprint density at radius 1 is 1.25 bits per heavy atom. The van der Waals surface area contributed by atoms with E-state index in [1.807, 2.05) is 20.8 Å². The van der Waals surface area contributed by atoms with E-state index in [2.05, 4.69) is 31.2 Å². The molecule has 1 N–H and O–H groups in total. The Balaban J connectivity index is 2.42. The predicted octanol–water partition coefficient (Wildman–Crippen LogP) is 5.07. The fourth-order valence-electron chi connectivity index (χ4n) is 1.56. The zero-order valence-corrected chi connectivity index (χ0v) is 13.7. The van der Waals surface area contributed by atoms with Crippen molar-refractivity contribution in [3.63, 3.8) is 0 Å². The molecule has 0 aliphatic rings. The number of nitrogens with one attached hydrogen (secondary N) is 1. The van der Waals surface area contributed by atoms with Crippen LogP contribution in [-0.4, -0.2) is 9.97 Å². The Labute approximate surface area is 130 Å². The van der Waals surface area contributed by atoms with Crippen LogP contribution in [0.3, 0.4) is 0 Å². The summed E-state index contributed by atoms with van der Waals surface area (Å²) in [5.41, 5.74) is -0.00110. The van der Waals surface area contributed by atoms with Gasteiger partial charge in [0.15, 0.2) is 0 Å². The van der Waals surface area contributed by atoms with Crippen molar-refractivity contribution in [2.45, 2.75) is 26.2 Å². The lowest BCUT2D eigenvalue weighted by Crippen LogP contribution is -2.17. The Morgan fingerprint density at radius 3 is 2.55 bits per heavy atom.